The van der Waals surface area contributed by atoms with Crippen molar-refractivity contribution < 1.29 is 0 Å². The Balaban J connectivity index is 1.16. The van der Waals surface area contributed by atoms with Crippen molar-refractivity contribution in [1.82, 2.24) is 29.2 Å². The summed E-state index contributed by atoms with van der Waals surface area (Å²) >= 11 is 0. The highest BCUT2D eigenvalue weighted by molar-refractivity contribution is 8.76. The first-order chi connectivity index (χ1) is 30.5. The molecular weight excluding hydrogens is 805 g/mol. The fraction of sp³-hybridized carbons (Fsp3) is 0.0400. The van der Waals surface area contributed by atoms with E-state index in [0.717, 1.165) is 67.2 Å². The number of nitrogens with zero attached hydrogens (tertiary/aromatic N) is 10. The molecule has 0 aliphatic heterocycles. The van der Waals surface area contributed by atoms with E-state index in [4.69, 9.17) is 30.4 Å². The molecule has 0 spiro atoms. The second-order valence-corrected chi connectivity index (χ2v) is 16.6. The molecule has 0 bridgehead atoms. The van der Waals surface area contributed by atoms with Crippen LogP contribution in [-0.4, -0.2) is 29.2 Å². The summed E-state index contributed by atoms with van der Waals surface area (Å²) in [5, 5.41) is 30.7. The highest BCUT2D eigenvalue weighted by atomic mass is 33.1. The van der Waals surface area contributed by atoms with Crippen LogP contribution >= 0.6 is 21.6 Å². The predicted octanol–water partition coefficient (Wildman–Crippen LogP) is 14.7. The first-order valence-electron chi connectivity index (χ1n) is 19.9. The van der Waals surface area contributed by atoms with Crippen LogP contribution in [0.25, 0.3) is 56.1 Å². The molecule has 12 heteroatoms. The van der Waals surface area contributed by atoms with E-state index in [2.05, 4.69) is 72.6 Å². The summed E-state index contributed by atoms with van der Waals surface area (Å²) < 4.78 is 3.71. The molecule has 0 radical (unpaired) electrons. The second-order valence-electron chi connectivity index (χ2n) is 14.5. The zero-order valence-electron chi connectivity index (χ0n) is 33.6. The Morgan fingerprint density at radius 1 is 0.387 bits per heavy atom. The summed E-state index contributed by atoms with van der Waals surface area (Å²) in [6.45, 7) is 4.16. The van der Waals surface area contributed by atoms with E-state index in [-0.39, 0.29) is 0 Å². The molecule has 0 N–H and O–H groups in total. The van der Waals surface area contributed by atoms with E-state index >= 15 is 0 Å². The van der Waals surface area contributed by atoms with Gasteiger partial charge in [-0.15, -0.1) is 10.2 Å². The minimum absolute atomic E-state index is 0.622. The molecular formula is C50H36N10S2. The van der Waals surface area contributed by atoms with E-state index < -0.39 is 0 Å². The lowest BCUT2D eigenvalue weighted by Crippen LogP contribution is -2.00. The number of aryl methyl sites for hydroxylation is 2. The molecule has 0 unspecified atom stereocenters. The number of aromatic nitrogens is 6. The van der Waals surface area contributed by atoms with Crippen LogP contribution in [-0.2, 0) is 0 Å². The first-order valence-corrected chi connectivity index (χ1v) is 22.1. The third-order valence-corrected chi connectivity index (χ3v) is 12.2. The van der Waals surface area contributed by atoms with Crippen LogP contribution in [0.4, 0.5) is 22.7 Å². The van der Waals surface area contributed by atoms with Gasteiger partial charge < -0.3 is 0 Å². The minimum Gasteiger partial charge on any atom is -0.222 e. The Bertz CT molecular complexity index is 3000. The number of benzene rings is 6. The molecule has 10 nitrogen and oxygen atoms in total. The van der Waals surface area contributed by atoms with Gasteiger partial charge in [-0.2, -0.15) is 20.4 Å². The molecule has 0 saturated carbocycles. The predicted molar refractivity (Wildman–Crippen MR) is 250 cm³/mol. The Morgan fingerprint density at radius 3 is 1.11 bits per heavy atom. The van der Waals surface area contributed by atoms with E-state index in [9.17, 15) is 0 Å². The second kappa shape index (κ2) is 17.2. The Kier molecular flexibility index (Phi) is 10.7. The number of azo groups is 2. The van der Waals surface area contributed by atoms with Crippen molar-refractivity contribution in [3.05, 3.63) is 193 Å². The summed E-state index contributed by atoms with van der Waals surface area (Å²) in [6, 6.07) is 60.4. The summed E-state index contributed by atoms with van der Waals surface area (Å²) in [4.78, 5) is 10.5. The Hall–Kier alpha value is -7.54. The van der Waals surface area contributed by atoms with Crippen LogP contribution in [0.3, 0.4) is 0 Å². The average Bonchev–Trinajstić information content (AvgIpc) is 3.89. The molecule has 0 atom stereocenters. The van der Waals surface area contributed by atoms with Crippen LogP contribution in [0.2, 0.25) is 0 Å². The smallest absolute Gasteiger partial charge is 0.201 e. The van der Waals surface area contributed by atoms with Gasteiger partial charge in [0, 0.05) is 22.3 Å². The summed E-state index contributed by atoms with van der Waals surface area (Å²) in [5.41, 5.74) is 13.3. The molecule has 4 heterocycles. The Labute approximate surface area is 365 Å². The molecule has 0 fully saturated rings. The van der Waals surface area contributed by atoms with Gasteiger partial charge in [0.05, 0.1) is 33.8 Å². The molecule has 0 aliphatic carbocycles. The monoisotopic (exact) mass is 840 g/mol. The topological polar surface area (TPSA) is 110 Å². The highest BCUT2D eigenvalue weighted by Gasteiger charge is 2.23. The number of fused-ring (bicyclic) bond motifs is 2. The Morgan fingerprint density at radius 2 is 0.742 bits per heavy atom. The van der Waals surface area contributed by atoms with E-state index in [1.54, 1.807) is 0 Å². The fourth-order valence-corrected chi connectivity index (χ4v) is 8.86. The molecule has 0 aliphatic rings. The lowest BCUT2D eigenvalue weighted by atomic mass is 10.1. The van der Waals surface area contributed by atoms with Crippen LogP contribution in [0.15, 0.2) is 213 Å². The van der Waals surface area contributed by atoms with Crippen LogP contribution in [0.1, 0.15) is 11.1 Å². The summed E-state index contributed by atoms with van der Waals surface area (Å²) in [5.74, 6) is 0. The maximum Gasteiger partial charge on any atom is 0.201 e. The average molecular weight is 841 g/mol. The van der Waals surface area contributed by atoms with Crippen molar-refractivity contribution in [3.63, 3.8) is 0 Å². The van der Waals surface area contributed by atoms with Gasteiger partial charge in [0.25, 0.3) is 0 Å². The van der Waals surface area contributed by atoms with Crippen molar-refractivity contribution in [2.24, 2.45) is 20.5 Å². The molecule has 10 rings (SSSR count). The lowest BCUT2D eigenvalue weighted by Gasteiger charge is -2.10. The van der Waals surface area contributed by atoms with Gasteiger partial charge in [0.1, 0.15) is 22.8 Å². The van der Waals surface area contributed by atoms with Crippen LogP contribution < -0.4 is 0 Å². The number of hydrogen-bond acceptors (Lipinski definition) is 10. The van der Waals surface area contributed by atoms with E-state index in [1.165, 1.54) is 21.6 Å². The van der Waals surface area contributed by atoms with Crippen LogP contribution in [0, 0.1) is 13.8 Å². The van der Waals surface area contributed by atoms with Gasteiger partial charge in [0.15, 0.2) is 0 Å². The maximum absolute atomic E-state index is 5.27. The van der Waals surface area contributed by atoms with Gasteiger partial charge in [-0.1, -0.05) is 157 Å². The SMILES string of the molecule is Cc1ccc(-c2cc3c(N=Nc4ccccc4)c(-c4ccccc4)nn3c(SSc3nc(-c4ccc(C)cc4)cc4c(N=Nc5ccccc5)c(-c5ccccc5)nn34)n2)cc1. The fourth-order valence-electron chi connectivity index (χ4n) is 6.93. The first kappa shape index (κ1) is 38.6. The molecule has 6 aromatic carbocycles. The van der Waals surface area contributed by atoms with Gasteiger partial charge in [0.2, 0.25) is 10.3 Å². The zero-order valence-corrected chi connectivity index (χ0v) is 35.2. The zero-order chi connectivity index (χ0) is 41.8. The lowest BCUT2D eigenvalue weighted by molar-refractivity contribution is 0.799. The molecule has 0 amide bonds. The summed E-state index contributed by atoms with van der Waals surface area (Å²) in [6.07, 6.45) is 0. The molecule has 10 aromatic rings. The van der Waals surface area contributed by atoms with Crippen molar-refractivity contribution in [1.29, 1.82) is 0 Å². The third-order valence-electron chi connectivity index (χ3n) is 10.2. The number of rotatable bonds is 11. The van der Waals surface area contributed by atoms with Crippen molar-refractivity contribution in [2.75, 3.05) is 0 Å². The molecule has 298 valence electrons. The van der Waals surface area contributed by atoms with Crippen LogP contribution in [0.5, 0.6) is 0 Å². The van der Waals surface area contributed by atoms with Gasteiger partial charge in [-0.05, 0) is 71.8 Å². The van der Waals surface area contributed by atoms with Gasteiger partial charge >= 0.3 is 0 Å². The normalized spacial score (nSPS) is 11.7. The maximum atomic E-state index is 5.27. The van der Waals surface area contributed by atoms with E-state index in [0.29, 0.717) is 33.1 Å². The minimum atomic E-state index is 0.622. The highest BCUT2D eigenvalue weighted by Crippen LogP contribution is 2.44. The van der Waals surface area contributed by atoms with Crippen molar-refractivity contribution >= 4 is 55.4 Å². The third kappa shape index (κ3) is 8.04. The largest absolute Gasteiger partial charge is 0.222 e. The van der Waals surface area contributed by atoms with Gasteiger partial charge in [-0.25, -0.2) is 19.0 Å². The molecule has 62 heavy (non-hydrogen) atoms. The van der Waals surface area contributed by atoms with Gasteiger partial charge in [-0.3, -0.25) is 0 Å². The number of hydrogen-bond donors (Lipinski definition) is 0. The van der Waals surface area contributed by atoms with Crippen molar-refractivity contribution in [3.8, 4) is 45.0 Å². The molecule has 4 aromatic heterocycles. The quantitative estimate of drug-likeness (QED) is 0.0729. The standard InChI is InChI=1S/C50H36N10S2/c1-33-23-27-35(28-24-33)41-31-43-47(55-53-39-19-11-5-12-20-39)45(37-15-7-3-8-16-37)57-59(43)49(51-41)61-62-50-52-42(36-29-25-34(2)26-30-36)32-44-48(56-54-40-21-13-6-14-22-40)46(58-60(44)50)38-17-9-4-10-18-38/h3-32H,1-2H3. The van der Waals surface area contributed by atoms with Crippen molar-refractivity contribution in [2.45, 2.75) is 24.2 Å². The molecule has 0 saturated heterocycles. The van der Waals surface area contributed by atoms with E-state index in [1.807, 2.05) is 142 Å². The summed E-state index contributed by atoms with van der Waals surface area (Å²) in [7, 11) is 2.89.